The molecule has 2 aromatic rings. The Labute approximate surface area is 69.9 Å². The van der Waals surface area contributed by atoms with Crippen LogP contribution in [0.2, 0.25) is 0 Å². The zero-order chi connectivity index (χ0) is 10.2. The first kappa shape index (κ1) is 3.96. The summed E-state index contributed by atoms with van der Waals surface area (Å²) in [4.78, 5) is 0. The normalized spacial score (nSPS) is 15.8. The van der Waals surface area contributed by atoms with Crippen molar-refractivity contribution in [2.75, 3.05) is 0 Å². The Kier molecular flexibility index (Phi) is 0.871. The molecule has 0 unspecified atom stereocenters. The predicted octanol–water partition coefficient (Wildman–Crippen LogP) is 3.00. The van der Waals surface area contributed by atoms with Crippen molar-refractivity contribution in [2.45, 2.75) is 13.3 Å². The van der Waals surface area contributed by atoms with Crippen LogP contribution in [0.1, 0.15) is 16.7 Å². The molecular formula is C10H10O. The topological polar surface area (TPSA) is 13.1 Å². The number of aryl methyl sites for hydroxylation is 1. The van der Waals surface area contributed by atoms with E-state index in [1.165, 1.54) is 0 Å². The molecule has 0 aliphatic heterocycles. The van der Waals surface area contributed by atoms with Gasteiger partial charge in [0, 0.05) is 15.9 Å². The molecule has 0 aliphatic carbocycles. The van der Waals surface area contributed by atoms with Crippen LogP contribution in [0.4, 0.5) is 0 Å². The zero-order valence-corrected chi connectivity index (χ0v) is 6.00. The smallest absolute Gasteiger partial charge is 0.134 e. The molecule has 0 saturated heterocycles. The minimum absolute atomic E-state index is 0.0122. The second-order valence-electron chi connectivity index (χ2n) is 2.43. The van der Waals surface area contributed by atoms with Gasteiger partial charge < -0.3 is 4.42 Å². The second kappa shape index (κ2) is 2.42. The van der Waals surface area contributed by atoms with Crippen molar-refractivity contribution < 1.29 is 8.53 Å². The summed E-state index contributed by atoms with van der Waals surface area (Å²) in [5, 5.41) is 0.951. The van der Waals surface area contributed by atoms with Crippen LogP contribution in [0.5, 0.6) is 0 Å². The molecule has 1 heterocycles. The quantitative estimate of drug-likeness (QED) is 0.607. The monoisotopic (exact) mass is 149 g/mol. The molecular weight excluding hydrogens is 136 g/mol. The van der Waals surface area contributed by atoms with Crippen LogP contribution >= 0.6 is 0 Å². The molecule has 2 rings (SSSR count). The highest BCUT2D eigenvalue weighted by molar-refractivity contribution is 5.77. The Morgan fingerprint density at radius 1 is 1.45 bits per heavy atom. The van der Waals surface area contributed by atoms with E-state index in [1.807, 2.05) is 24.3 Å². The molecule has 0 amide bonds. The first-order valence-corrected chi connectivity index (χ1v) is 3.52. The van der Waals surface area contributed by atoms with E-state index >= 15 is 0 Å². The molecule has 11 heavy (non-hydrogen) atoms. The van der Waals surface area contributed by atoms with Gasteiger partial charge in [-0.3, -0.25) is 0 Å². The van der Waals surface area contributed by atoms with Crippen LogP contribution in [-0.4, -0.2) is 0 Å². The Balaban J connectivity index is 2.36. The van der Waals surface area contributed by atoms with Crippen LogP contribution < -0.4 is 0 Å². The van der Waals surface area contributed by atoms with E-state index in [1.54, 1.807) is 6.07 Å². The van der Waals surface area contributed by atoms with E-state index in [0.29, 0.717) is 5.76 Å². The molecule has 1 heteroatoms. The van der Waals surface area contributed by atoms with Gasteiger partial charge in [0.1, 0.15) is 11.3 Å². The van der Waals surface area contributed by atoms with E-state index < -0.39 is 6.85 Å². The maximum atomic E-state index is 7.12. The number of rotatable bonds is 1. The molecule has 1 aromatic carbocycles. The predicted molar refractivity (Wildman–Crippen MR) is 45.6 cm³/mol. The van der Waals surface area contributed by atoms with E-state index in [0.717, 1.165) is 11.0 Å². The highest BCUT2D eigenvalue weighted by atomic mass is 16.3. The fourth-order valence-corrected chi connectivity index (χ4v) is 1.12. The summed E-state index contributed by atoms with van der Waals surface area (Å²) in [6, 6.07) is 9.28. The van der Waals surface area contributed by atoms with Crippen molar-refractivity contribution in [2.24, 2.45) is 0 Å². The van der Waals surface area contributed by atoms with Crippen LogP contribution in [0.3, 0.4) is 0 Å². The van der Waals surface area contributed by atoms with Gasteiger partial charge in [0.2, 0.25) is 0 Å². The number of benzene rings is 1. The summed E-state index contributed by atoms with van der Waals surface area (Å²) in [7, 11) is 0. The lowest BCUT2D eigenvalue weighted by atomic mass is 10.2. The minimum atomic E-state index is -1.96. The minimum Gasteiger partial charge on any atom is -0.461 e. The molecule has 0 spiro atoms. The van der Waals surface area contributed by atoms with Gasteiger partial charge in [-0.25, -0.2) is 0 Å². The Hall–Kier alpha value is -1.24. The van der Waals surface area contributed by atoms with Crippen LogP contribution in [0, 0.1) is 0 Å². The van der Waals surface area contributed by atoms with Gasteiger partial charge in [0.15, 0.2) is 0 Å². The third-order valence-electron chi connectivity index (χ3n) is 1.65. The summed E-state index contributed by atoms with van der Waals surface area (Å²) >= 11 is 0. The van der Waals surface area contributed by atoms with E-state index in [2.05, 4.69) is 0 Å². The molecule has 0 atom stereocenters. The van der Waals surface area contributed by atoms with Gasteiger partial charge in [-0.15, -0.1) is 0 Å². The fourth-order valence-electron chi connectivity index (χ4n) is 1.12. The zero-order valence-electron chi connectivity index (χ0n) is 9.00. The summed E-state index contributed by atoms with van der Waals surface area (Å²) < 4.78 is 26.7. The van der Waals surface area contributed by atoms with Gasteiger partial charge in [-0.1, -0.05) is 25.1 Å². The average molecular weight is 149 g/mol. The highest BCUT2D eigenvalue weighted by Gasteiger charge is 1.98. The average Bonchev–Trinajstić information content (AvgIpc) is 2.42. The second-order valence-corrected chi connectivity index (χ2v) is 2.43. The largest absolute Gasteiger partial charge is 0.461 e. The standard InChI is InChI=1S/C10H10O/c1-2-9-7-8-5-3-4-6-10(8)11-9/h3-7H,2H2,1H3/i1D3. The van der Waals surface area contributed by atoms with Gasteiger partial charge in [-0.05, 0) is 12.1 Å². The summed E-state index contributed by atoms with van der Waals surface area (Å²) in [5.41, 5.74) is 0.742. The summed E-state index contributed by atoms with van der Waals surface area (Å²) in [5.74, 6) is 0.520. The van der Waals surface area contributed by atoms with E-state index in [4.69, 9.17) is 8.53 Å². The van der Waals surface area contributed by atoms with E-state index in [-0.39, 0.29) is 6.42 Å². The van der Waals surface area contributed by atoms with Crippen molar-refractivity contribution in [3.8, 4) is 0 Å². The van der Waals surface area contributed by atoms with Crippen LogP contribution in [0.25, 0.3) is 11.0 Å². The van der Waals surface area contributed by atoms with Gasteiger partial charge >= 0.3 is 0 Å². The van der Waals surface area contributed by atoms with Crippen molar-refractivity contribution in [1.29, 1.82) is 0 Å². The Morgan fingerprint density at radius 3 is 3.18 bits per heavy atom. The first-order chi connectivity index (χ1) is 6.54. The van der Waals surface area contributed by atoms with Crippen molar-refractivity contribution in [1.82, 2.24) is 0 Å². The van der Waals surface area contributed by atoms with Crippen LogP contribution in [-0.2, 0) is 6.42 Å². The maximum absolute atomic E-state index is 7.12. The molecule has 0 saturated carbocycles. The van der Waals surface area contributed by atoms with Gasteiger partial charge in [0.25, 0.3) is 0 Å². The molecule has 0 aliphatic rings. The number of para-hydroxylation sites is 1. The van der Waals surface area contributed by atoms with E-state index in [9.17, 15) is 0 Å². The lowest BCUT2D eigenvalue weighted by molar-refractivity contribution is 0.557. The Bertz CT molecular complexity index is 409. The molecule has 0 fully saturated rings. The highest BCUT2D eigenvalue weighted by Crippen LogP contribution is 2.18. The number of hydrogen-bond acceptors (Lipinski definition) is 1. The summed E-state index contributed by atoms with van der Waals surface area (Å²) in [6.45, 7) is -1.96. The molecule has 1 aromatic heterocycles. The van der Waals surface area contributed by atoms with Gasteiger partial charge in [0.05, 0.1) is 0 Å². The third-order valence-corrected chi connectivity index (χ3v) is 1.65. The molecule has 56 valence electrons. The first-order valence-electron chi connectivity index (χ1n) is 5.02. The fraction of sp³-hybridized carbons (Fsp3) is 0.200. The number of hydrogen-bond donors (Lipinski definition) is 0. The number of furan rings is 1. The molecule has 0 N–H and O–H groups in total. The molecule has 0 radical (unpaired) electrons. The molecule has 1 nitrogen and oxygen atoms in total. The summed E-state index contributed by atoms with van der Waals surface area (Å²) in [6.07, 6.45) is -0.0122. The lowest BCUT2D eigenvalue weighted by Gasteiger charge is -1.83. The van der Waals surface area contributed by atoms with Crippen molar-refractivity contribution >= 4 is 11.0 Å². The Morgan fingerprint density at radius 2 is 2.36 bits per heavy atom. The third kappa shape index (κ3) is 1.03. The maximum Gasteiger partial charge on any atom is 0.134 e. The van der Waals surface area contributed by atoms with Crippen LogP contribution in [0.15, 0.2) is 34.7 Å². The lowest BCUT2D eigenvalue weighted by Crippen LogP contribution is -1.67. The molecule has 0 bridgehead atoms. The van der Waals surface area contributed by atoms with Crippen molar-refractivity contribution in [3.63, 3.8) is 0 Å². The van der Waals surface area contributed by atoms with Crippen molar-refractivity contribution in [3.05, 3.63) is 36.1 Å². The van der Waals surface area contributed by atoms with Gasteiger partial charge in [-0.2, -0.15) is 0 Å². The number of fused-ring (bicyclic) bond motifs is 1. The SMILES string of the molecule is [2H]C([2H])([2H])Cc1cc2ccccc2o1.